The number of ether oxygens (including phenoxy) is 1. The van der Waals surface area contributed by atoms with Crippen molar-refractivity contribution in [2.24, 2.45) is 5.84 Å². The van der Waals surface area contributed by atoms with E-state index < -0.39 is 0 Å². The number of aromatic nitrogens is 2. The molecule has 0 spiro atoms. The van der Waals surface area contributed by atoms with Gasteiger partial charge in [0.25, 0.3) is 0 Å². The molecule has 0 atom stereocenters. The number of nitrogens with zero attached hydrogens (tertiary/aromatic N) is 3. The maximum absolute atomic E-state index is 5.59. The largest absolute Gasteiger partial charge is 0.380 e. The maximum atomic E-state index is 5.59. The fourth-order valence-corrected chi connectivity index (χ4v) is 2.23. The van der Waals surface area contributed by atoms with Crippen molar-refractivity contribution in [1.29, 1.82) is 0 Å². The van der Waals surface area contributed by atoms with Gasteiger partial charge in [-0.1, -0.05) is 0 Å². The predicted molar refractivity (Wildman–Crippen MR) is 80.9 cm³/mol. The van der Waals surface area contributed by atoms with E-state index >= 15 is 0 Å². The number of nitrogens with two attached hydrogens (primary N) is 1. The van der Waals surface area contributed by atoms with Gasteiger partial charge in [0.1, 0.15) is 17.5 Å². The summed E-state index contributed by atoms with van der Waals surface area (Å²) in [5, 5.41) is 0. The highest BCUT2D eigenvalue weighted by molar-refractivity contribution is 5.58. The minimum Gasteiger partial charge on any atom is -0.380 e. The Hall–Kier alpha value is -1.40. The number of likely N-dealkylation sites (N-methyl/N-ethyl adjacent to an activating group) is 1. The number of hydrogen-bond donors (Lipinski definition) is 2. The summed E-state index contributed by atoms with van der Waals surface area (Å²) in [5.74, 6) is 8.70. The normalized spacial score (nSPS) is 14.4. The van der Waals surface area contributed by atoms with Gasteiger partial charge in [-0.15, -0.1) is 0 Å². The maximum Gasteiger partial charge on any atom is 0.148 e. The summed E-state index contributed by atoms with van der Waals surface area (Å²) >= 11 is 0. The van der Waals surface area contributed by atoms with Gasteiger partial charge < -0.3 is 15.1 Å². The molecule has 1 aromatic rings. The van der Waals surface area contributed by atoms with Crippen LogP contribution in [0.25, 0.3) is 0 Å². The number of rotatable bonds is 8. The zero-order valence-corrected chi connectivity index (χ0v) is 12.6. The van der Waals surface area contributed by atoms with E-state index in [2.05, 4.69) is 22.2 Å². The van der Waals surface area contributed by atoms with Crippen LogP contribution in [-0.2, 0) is 4.74 Å². The van der Waals surface area contributed by atoms with Crippen LogP contribution in [0.1, 0.15) is 44.0 Å². The SMILES string of the molecule is CCOCCN(CC)c1nc(C2CC2)nc(NN)c1C. The highest BCUT2D eigenvalue weighted by Gasteiger charge is 2.28. The molecule has 0 aliphatic heterocycles. The van der Waals surface area contributed by atoms with Crippen LogP contribution in [0.2, 0.25) is 0 Å². The number of nitrogens with one attached hydrogen (secondary N) is 1. The molecule has 6 nitrogen and oxygen atoms in total. The molecule has 3 N–H and O–H groups in total. The highest BCUT2D eigenvalue weighted by atomic mass is 16.5. The summed E-state index contributed by atoms with van der Waals surface area (Å²) in [5.41, 5.74) is 3.69. The molecule has 1 aromatic heterocycles. The van der Waals surface area contributed by atoms with Gasteiger partial charge in [0.05, 0.1) is 6.61 Å². The molecule has 1 heterocycles. The first-order chi connectivity index (χ1) is 9.71. The van der Waals surface area contributed by atoms with Gasteiger partial charge in [-0.25, -0.2) is 15.8 Å². The third kappa shape index (κ3) is 3.37. The first kappa shape index (κ1) is 15.0. The molecule has 6 heteroatoms. The van der Waals surface area contributed by atoms with Crippen molar-refractivity contribution in [2.75, 3.05) is 36.6 Å². The van der Waals surface area contributed by atoms with Crippen molar-refractivity contribution in [3.05, 3.63) is 11.4 Å². The second kappa shape index (κ2) is 6.85. The number of nitrogen functional groups attached to an aromatic ring is 1. The van der Waals surface area contributed by atoms with Crippen molar-refractivity contribution in [1.82, 2.24) is 9.97 Å². The zero-order valence-electron chi connectivity index (χ0n) is 12.6. The Morgan fingerprint density at radius 1 is 1.35 bits per heavy atom. The molecule has 0 radical (unpaired) electrons. The third-order valence-corrected chi connectivity index (χ3v) is 3.61. The van der Waals surface area contributed by atoms with Crippen LogP contribution in [0.3, 0.4) is 0 Å². The molecule has 1 aliphatic rings. The molecule has 0 amide bonds. The standard InChI is InChI=1S/C14H25N5O/c1-4-19(8-9-20-5-2)14-10(3)12(18-15)16-13(17-14)11-6-7-11/h11H,4-9,15H2,1-3H3,(H,16,17,18). The second-order valence-electron chi connectivity index (χ2n) is 5.07. The molecule has 1 saturated carbocycles. The lowest BCUT2D eigenvalue weighted by Crippen LogP contribution is -2.30. The summed E-state index contributed by atoms with van der Waals surface area (Å²) in [6.07, 6.45) is 2.36. The van der Waals surface area contributed by atoms with E-state index in [1.54, 1.807) is 0 Å². The molecule has 0 bridgehead atoms. The third-order valence-electron chi connectivity index (χ3n) is 3.61. The van der Waals surface area contributed by atoms with E-state index in [1.165, 1.54) is 12.8 Å². The van der Waals surface area contributed by atoms with Crippen LogP contribution in [0.5, 0.6) is 0 Å². The van der Waals surface area contributed by atoms with Gasteiger partial charge in [0, 0.05) is 31.2 Å². The number of hydrogen-bond acceptors (Lipinski definition) is 6. The molecule has 0 saturated heterocycles. The van der Waals surface area contributed by atoms with Gasteiger partial charge in [0.2, 0.25) is 0 Å². The minimum atomic E-state index is 0.507. The molecule has 0 aromatic carbocycles. The average molecular weight is 279 g/mol. The minimum absolute atomic E-state index is 0.507. The lowest BCUT2D eigenvalue weighted by Gasteiger charge is -2.25. The van der Waals surface area contributed by atoms with Crippen LogP contribution in [0.4, 0.5) is 11.6 Å². The van der Waals surface area contributed by atoms with Crippen LogP contribution in [-0.4, -0.2) is 36.3 Å². The summed E-state index contributed by atoms with van der Waals surface area (Å²) in [7, 11) is 0. The van der Waals surface area contributed by atoms with E-state index in [-0.39, 0.29) is 0 Å². The lowest BCUT2D eigenvalue weighted by atomic mass is 10.2. The summed E-state index contributed by atoms with van der Waals surface area (Å²) in [6, 6.07) is 0. The van der Waals surface area contributed by atoms with E-state index in [0.717, 1.165) is 42.7 Å². The molecule has 1 aliphatic carbocycles. The predicted octanol–water partition coefficient (Wildman–Crippen LogP) is 1.81. The van der Waals surface area contributed by atoms with Gasteiger partial charge in [0.15, 0.2) is 0 Å². The van der Waals surface area contributed by atoms with Crippen LogP contribution < -0.4 is 16.2 Å². The molecule has 1 fully saturated rings. The van der Waals surface area contributed by atoms with Gasteiger partial charge in [-0.05, 0) is 33.6 Å². The summed E-state index contributed by atoms with van der Waals surface area (Å²) in [6.45, 7) is 9.30. The highest BCUT2D eigenvalue weighted by Crippen LogP contribution is 2.39. The molecular weight excluding hydrogens is 254 g/mol. The Kier molecular flexibility index (Phi) is 5.14. The Balaban J connectivity index is 2.24. The second-order valence-corrected chi connectivity index (χ2v) is 5.07. The van der Waals surface area contributed by atoms with Crippen molar-refractivity contribution in [2.45, 2.75) is 39.5 Å². The molecule has 0 unspecified atom stereocenters. The van der Waals surface area contributed by atoms with Crippen LogP contribution in [0.15, 0.2) is 0 Å². The average Bonchev–Trinajstić information content (AvgIpc) is 3.29. The Morgan fingerprint density at radius 2 is 2.10 bits per heavy atom. The first-order valence-electron chi connectivity index (χ1n) is 7.39. The van der Waals surface area contributed by atoms with Crippen molar-refractivity contribution >= 4 is 11.6 Å². The van der Waals surface area contributed by atoms with Crippen molar-refractivity contribution in [3.63, 3.8) is 0 Å². The van der Waals surface area contributed by atoms with Crippen LogP contribution in [0, 0.1) is 6.92 Å². The van der Waals surface area contributed by atoms with Gasteiger partial charge >= 0.3 is 0 Å². The van der Waals surface area contributed by atoms with E-state index in [9.17, 15) is 0 Å². The molecule has 20 heavy (non-hydrogen) atoms. The fraction of sp³-hybridized carbons (Fsp3) is 0.714. The van der Waals surface area contributed by atoms with Crippen molar-refractivity contribution < 1.29 is 4.74 Å². The number of anilines is 2. The van der Waals surface area contributed by atoms with Crippen molar-refractivity contribution in [3.8, 4) is 0 Å². The van der Waals surface area contributed by atoms with E-state index in [0.29, 0.717) is 12.5 Å². The summed E-state index contributed by atoms with van der Waals surface area (Å²) in [4.78, 5) is 11.5. The smallest absolute Gasteiger partial charge is 0.148 e. The quantitative estimate of drug-likeness (QED) is 0.429. The fourth-order valence-electron chi connectivity index (χ4n) is 2.23. The molecule has 2 rings (SSSR count). The Morgan fingerprint density at radius 3 is 2.65 bits per heavy atom. The Labute approximate surface area is 120 Å². The molecular formula is C14H25N5O. The van der Waals surface area contributed by atoms with Gasteiger partial charge in [-0.3, -0.25) is 0 Å². The number of hydrazine groups is 1. The Bertz CT molecular complexity index is 447. The zero-order chi connectivity index (χ0) is 14.5. The van der Waals surface area contributed by atoms with Crippen LogP contribution >= 0.6 is 0 Å². The van der Waals surface area contributed by atoms with E-state index in [4.69, 9.17) is 15.6 Å². The van der Waals surface area contributed by atoms with E-state index in [1.807, 2.05) is 13.8 Å². The topological polar surface area (TPSA) is 76.3 Å². The molecule has 112 valence electrons. The lowest BCUT2D eigenvalue weighted by molar-refractivity contribution is 0.154. The summed E-state index contributed by atoms with van der Waals surface area (Å²) < 4.78 is 5.45. The monoisotopic (exact) mass is 279 g/mol. The first-order valence-corrected chi connectivity index (χ1v) is 7.39. The van der Waals surface area contributed by atoms with Gasteiger partial charge in [-0.2, -0.15) is 0 Å².